The first-order chi connectivity index (χ1) is 7.75. The fourth-order valence-corrected chi connectivity index (χ4v) is 3.27. The number of rotatable bonds is 1. The zero-order chi connectivity index (χ0) is 11.1. The number of halogens is 2. The Labute approximate surface area is 110 Å². The lowest BCUT2D eigenvalue weighted by Crippen LogP contribution is -1.85. The summed E-state index contributed by atoms with van der Waals surface area (Å²) in [6, 6.07) is 7.82. The van der Waals surface area contributed by atoms with Gasteiger partial charge >= 0.3 is 0 Å². The number of fused-ring (bicyclic) bond motifs is 1. The van der Waals surface area contributed by atoms with Crippen molar-refractivity contribution < 1.29 is 0 Å². The maximum absolute atomic E-state index is 5.99. The first-order valence-corrected chi connectivity index (χ1v) is 6.67. The van der Waals surface area contributed by atoms with Gasteiger partial charge in [-0.25, -0.2) is 4.98 Å². The molecule has 0 saturated heterocycles. The van der Waals surface area contributed by atoms with E-state index in [1.165, 1.54) is 0 Å². The van der Waals surface area contributed by atoms with E-state index in [1.54, 1.807) is 17.5 Å². The van der Waals surface area contributed by atoms with Gasteiger partial charge in [0.1, 0.15) is 4.60 Å². The molecular formula is C11H6BrClN2S. The highest BCUT2D eigenvalue weighted by molar-refractivity contribution is 9.10. The van der Waals surface area contributed by atoms with E-state index < -0.39 is 0 Å². The van der Waals surface area contributed by atoms with Crippen LogP contribution in [0.2, 0.25) is 5.02 Å². The maximum atomic E-state index is 5.99. The van der Waals surface area contributed by atoms with Crippen molar-refractivity contribution in [3.63, 3.8) is 0 Å². The summed E-state index contributed by atoms with van der Waals surface area (Å²) in [6.07, 6.45) is 1.81. The number of nitrogens with zero attached hydrogens (tertiary/aromatic N) is 2. The van der Waals surface area contributed by atoms with Crippen LogP contribution in [0.4, 0.5) is 0 Å². The average molecular weight is 314 g/mol. The molecule has 0 saturated carbocycles. The highest BCUT2D eigenvalue weighted by atomic mass is 79.9. The van der Waals surface area contributed by atoms with E-state index in [2.05, 4.69) is 30.7 Å². The molecule has 0 unspecified atom stereocenters. The third-order valence-corrected chi connectivity index (χ3v) is 3.96. The second kappa shape index (κ2) is 3.87. The lowest BCUT2D eigenvalue weighted by molar-refractivity contribution is 1.20. The van der Waals surface area contributed by atoms with E-state index in [-0.39, 0.29) is 0 Å². The van der Waals surface area contributed by atoms with Crippen LogP contribution in [0, 0.1) is 0 Å². The molecule has 80 valence electrons. The molecule has 0 N–H and O–H groups in total. The molecule has 2 aromatic heterocycles. The topological polar surface area (TPSA) is 17.3 Å². The summed E-state index contributed by atoms with van der Waals surface area (Å²) < 4.78 is 3.02. The second-order valence-electron chi connectivity index (χ2n) is 3.33. The van der Waals surface area contributed by atoms with E-state index in [0.29, 0.717) is 0 Å². The number of hydrogen-bond acceptors (Lipinski definition) is 2. The summed E-state index contributed by atoms with van der Waals surface area (Å²) in [7, 11) is 0. The number of benzene rings is 1. The van der Waals surface area contributed by atoms with Crippen molar-refractivity contribution >= 4 is 43.8 Å². The Morgan fingerprint density at radius 3 is 3.06 bits per heavy atom. The maximum Gasteiger partial charge on any atom is 0.195 e. The molecule has 0 radical (unpaired) electrons. The van der Waals surface area contributed by atoms with Gasteiger partial charge in [0.15, 0.2) is 4.96 Å². The summed E-state index contributed by atoms with van der Waals surface area (Å²) in [5.41, 5.74) is 2.20. The molecule has 0 spiro atoms. The first-order valence-electron chi connectivity index (χ1n) is 4.62. The molecule has 2 nitrogen and oxygen atoms in total. The molecular weight excluding hydrogens is 308 g/mol. The quantitative estimate of drug-likeness (QED) is 0.647. The van der Waals surface area contributed by atoms with Gasteiger partial charge in [-0.05, 0) is 28.1 Å². The van der Waals surface area contributed by atoms with Crippen LogP contribution in [0.25, 0.3) is 16.2 Å². The fourth-order valence-electron chi connectivity index (χ4n) is 1.62. The third-order valence-electron chi connectivity index (χ3n) is 2.32. The number of aromatic nitrogens is 2. The Kier molecular flexibility index (Phi) is 2.50. The highest BCUT2D eigenvalue weighted by Crippen LogP contribution is 2.30. The average Bonchev–Trinajstić information content (AvgIpc) is 2.82. The minimum Gasteiger partial charge on any atom is -0.277 e. The smallest absolute Gasteiger partial charge is 0.195 e. The Hall–Kier alpha value is -0.840. The number of hydrogen-bond donors (Lipinski definition) is 0. The summed E-state index contributed by atoms with van der Waals surface area (Å²) in [6.45, 7) is 0. The zero-order valence-corrected chi connectivity index (χ0v) is 11.2. The minimum absolute atomic E-state index is 0.744. The van der Waals surface area contributed by atoms with Crippen molar-refractivity contribution in [2.24, 2.45) is 0 Å². The summed E-state index contributed by atoms with van der Waals surface area (Å²) in [4.78, 5) is 5.26. The summed E-state index contributed by atoms with van der Waals surface area (Å²) >= 11 is 11.1. The van der Waals surface area contributed by atoms with Gasteiger partial charge in [0.05, 0.1) is 11.9 Å². The van der Waals surface area contributed by atoms with E-state index in [1.807, 2.05) is 24.3 Å². The van der Waals surface area contributed by atoms with Gasteiger partial charge in [-0.2, -0.15) is 0 Å². The van der Waals surface area contributed by atoms with Crippen molar-refractivity contribution in [3.05, 3.63) is 45.5 Å². The minimum atomic E-state index is 0.744. The van der Waals surface area contributed by atoms with Crippen molar-refractivity contribution in [2.45, 2.75) is 0 Å². The van der Waals surface area contributed by atoms with Crippen LogP contribution in [0.5, 0.6) is 0 Å². The summed E-state index contributed by atoms with van der Waals surface area (Å²) in [5.74, 6) is 0. The standard InChI is InChI=1S/C11H6BrClN2S/c12-10-5-14-11-15(10)9(6-16-11)7-2-1-3-8(13)4-7/h1-6H. The zero-order valence-electron chi connectivity index (χ0n) is 8.02. The van der Waals surface area contributed by atoms with Crippen LogP contribution in [-0.2, 0) is 0 Å². The normalized spacial score (nSPS) is 11.1. The number of imidazole rings is 1. The molecule has 5 heteroatoms. The molecule has 2 heterocycles. The van der Waals surface area contributed by atoms with Crippen LogP contribution in [0.15, 0.2) is 40.4 Å². The van der Waals surface area contributed by atoms with E-state index in [4.69, 9.17) is 11.6 Å². The molecule has 0 atom stereocenters. The molecule has 0 aliphatic heterocycles. The van der Waals surface area contributed by atoms with Crippen LogP contribution in [0.1, 0.15) is 0 Å². The van der Waals surface area contributed by atoms with Gasteiger partial charge in [0.2, 0.25) is 0 Å². The molecule has 0 fully saturated rings. The van der Waals surface area contributed by atoms with Crippen LogP contribution in [-0.4, -0.2) is 9.38 Å². The molecule has 1 aromatic carbocycles. The Bertz CT molecular complexity index is 659. The molecule has 0 bridgehead atoms. The molecule has 3 rings (SSSR count). The molecule has 0 amide bonds. The van der Waals surface area contributed by atoms with Crippen molar-refractivity contribution in [3.8, 4) is 11.3 Å². The van der Waals surface area contributed by atoms with Crippen LogP contribution in [0.3, 0.4) is 0 Å². The predicted octanol–water partition coefficient (Wildman–Crippen LogP) is 4.48. The van der Waals surface area contributed by atoms with Gasteiger partial charge in [-0.15, -0.1) is 11.3 Å². The van der Waals surface area contributed by atoms with Gasteiger partial charge in [-0.1, -0.05) is 23.7 Å². The molecule has 0 aliphatic rings. The van der Waals surface area contributed by atoms with E-state index in [0.717, 1.165) is 25.8 Å². The van der Waals surface area contributed by atoms with Gasteiger partial charge < -0.3 is 0 Å². The predicted molar refractivity (Wildman–Crippen MR) is 71.2 cm³/mol. The number of thiazole rings is 1. The Morgan fingerprint density at radius 2 is 2.25 bits per heavy atom. The van der Waals surface area contributed by atoms with Crippen LogP contribution < -0.4 is 0 Å². The Balaban J connectivity index is 2.29. The third kappa shape index (κ3) is 1.57. The first kappa shape index (κ1) is 10.3. The van der Waals surface area contributed by atoms with Gasteiger partial charge in [0.25, 0.3) is 0 Å². The molecule has 3 aromatic rings. The van der Waals surface area contributed by atoms with Crippen molar-refractivity contribution in [1.29, 1.82) is 0 Å². The molecule has 16 heavy (non-hydrogen) atoms. The van der Waals surface area contributed by atoms with E-state index >= 15 is 0 Å². The van der Waals surface area contributed by atoms with Crippen LogP contribution >= 0.6 is 38.9 Å². The van der Waals surface area contributed by atoms with E-state index in [9.17, 15) is 0 Å². The monoisotopic (exact) mass is 312 g/mol. The Morgan fingerprint density at radius 1 is 1.38 bits per heavy atom. The SMILES string of the molecule is Clc1cccc(-c2csc3ncc(Br)n23)c1. The lowest BCUT2D eigenvalue weighted by Gasteiger charge is -2.01. The largest absolute Gasteiger partial charge is 0.277 e. The van der Waals surface area contributed by atoms with Gasteiger partial charge in [0, 0.05) is 16.0 Å². The lowest BCUT2D eigenvalue weighted by atomic mass is 10.2. The van der Waals surface area contributed by atoms with Gasteiger partial charge in [-0.3, -0.25) is 4.40 Å². The van der Waals surface area contributed by atoms with Crippen molar-refractivity contribution in [1.82, 2.24) is 9.38 Å². The summed E-state index contributed by atoms with van der Waals surface area (Å²) in [5, 5.41) is 2.83. The molecule has 0 aliphatic carbocycles. The van der Waals surface area contributed by atoms with Crippen molar-refractivity contribution in [2.75, 3.05) is 0 Å². The fraction of sp³-hybridized carbons (Fsp3) is 0. The highest BCUT2D eigenvalue weighted by Gasteiger charge is 2.09. The second-order valence-corrected chi connectivity index (χ2v) is 5.42.